The predicted molar refractivity (Wildman–Crippen MR) is 88.5 cm³/mol. The normalized spacial score (nSPS) is 14.0. The van der Waals surface area contributed by atoms with Crippen LogP contribution in [-0.4, -0.2) is 11.7 Å². The van der Waals surface area contributed by atoms with Gasteiger partial charge < -0.3 is 10.4 Å². The SMILES string of the molecule is Cc1cc(C)c(C(C)NCC(O)c2ccccc2)cc1C. The molecule has 0 radical (unpaired) electrons. The van der Waals surface area contributed by atoms with Crippen LogP contribution in [0.4, 0.5) is 0 Å². The first-order valence-electron chi connectivity index (χ1n) is 7.53. The third-order valence-electron chi connectivity index (χ3n) is 4.15. The predicted octanol–water partition coefficient (Wildman–Crippen LogP) is 4.00. The molecule has 2 rings (SSSR count). The van der Waals surface area contributed by atoms with Crippen LogP contribution in [0.25, 0.3) is 0 Å². The highest BCUT2D eigenvalue weighted by atomic mass is 16.3. The third-order valence-corrected chi connectivity index (χ3v) is 4.15. The summed E-state index contributed by atoms with van der Waals surface area (Å²) in [6.07, 6.45) is -0.472. The second kappa shape index (κ2) is 6.88. The zero-order valence-electron chi connectivity index (χ0n) is 13.4. The van der Waals surface area contributed by atoms with Gasteiger partial charge in [-0.25, -0.2) is 0 Å². The van der Waals surface area contributed by atoms with Gasteiger partial charge in [-0.2, -0.15) is 0 Å². The van der Waals surface area contributed by atoms with Crippen LogP contribution >= 0.6 is 0 Å². The lowest BCUT2D eigenvalue weighted by atomic mass is 9.96. The minimum absolute atomic E-state index is 0.225. The maximum Gasteiger partial charge on any atom is 0.0914 e. The highest BCUT2D eigenvalue weighted by molar-refractivity contribution is 5.38. The quantitative estimate of drug-likeness (QED) is 0.869. The Labute approximate surface area is 127 Å². The van der Waals surface area contributed by atoms with Gasteiger partial charge in [-0.05, 0) is 55.5 Å². The molecule has 21 heavy (non-hydrogen) atoms. The number of aryl methyl sites for hydroxylation is 3. The molecule has 112 valence electrons. The summed E-state index contributed by atoms with van der Waals surface area (Å²) in [7, 11) is 0. The number of nitrogens with one attached hydrogen (secondary N) is 1. The Morgan fingerprint density at radius 2 is 1.57 bits per heavy atom. The molecule has 2 atom stereocenters. The number of rotatable bonds is 5. The maximum absolute atomic E-state index is 10.2. The van der Waals surface area contributed by atoms with Crippen molar-refractivity contribution in [1.29, 1.82) is 0 Å². The van der Waals surface area contributed by atoms with E-state index in [1.54, 1.807) is 0 Å². The highest BCUT2D eigenvalue weighted by Crippen LogP contribution is 2.22. The summed E-state index contributed by atoms with van der Waals surface area (Å²) in [6.45, 7) is 9.13. The fourth-order valence-corrected chi connectivity index (χ4v) is 2.64. The molecule has 2 heteroatoms. The largest absolute Gasteiger partial charge is 0.387 e. The van der Waals surface area contributed by atoms with E-state index in [4.69, 9.17) is 0 Å². The standard InChI is InChI=1S/C19H25NO/c1-13-10-15(3)18(11-14(13)2)16(4)20-12-19(21)17-8-6-5-7-9-17/h5-11,16,19-21H,12H2,1-4H3. The summed E-state index contributed by atoms with van der Waals surface area (Å²) < 4.78 is 0. The summed E-state index contributed by atoms with van der Waals surface area (Å²) in [5, 5.41) is 13.7. The number of hydrogen-bond donors (Lipinski definition) is 2. The number of aliphatic hydroxyl groups is 1. The van der Waals surface area contributed by atoms with E-state index in [-0.39, 0.29) is 6.04 Å². The summed E-state index contributed by atoms with van der Waals surface area (Å²) in [6, 6.07) is 14.5. The molecule has 0 fully saturated rings. The second-order valence-corrected chi connectivity index (χ2v) is 5.85. The van der Waals surface area contributed by atoms with Crippen LogP contribution in [0.15, 0.2) is 42.5 Å². The Hall–Kier alpha value is -1.64. The van der Waals surface area contributed by atoms with Crippen LogP contribution in [0.1, 0.15) is 46.9 Å². The van der Waals surface area contributed by atoms with Gasteiger partial charge in [0.1, 0.15) is 0 Å². The maximum atomic E-state index is 10.2. The Bertz CT molecular complexity index is 592. The molecule has 0 bridgehead atoms. The number of aliphatic hydroxyl groups excluding tert-OH is 1. The van der Waals surface area contributed by atoms with Crippen molar-refractivity contribution in [3.05, 3.63) is 70.3 Å². The van der Waals surface area contributed by atoms with Crippen molar-refractivity contribution in [2.75, 3.05) is 6.54 Å². The van der Waals surface area contributed by atoms with E-state index in [0.717, 1.165) is 5.56 Å². The monoisotopic (exact) mass is 283 g/mol. The van der Waals surface area contributed by atoms with Gasteiger partial charge in [0.2, 0.25) is 0 Å². The van der Waals surface area contributed by atoms with E-state index in [1.807, 2.05) is 30.3 Å². The lowest BCUT2D eigenvalue weighted by molar-refractivity contribution is 0.171. The Kier molecular flexibility index (Phi) is 5.16. The van der Waals surface area contributed by atoms with E-state index >= 15 is 0 Å². The molecule has 0 amide bonds. The molecule has 2 nitrogen and oxygen atoms in total. The number of hydrogen-bond acceptors (Lipinski definition) is 2. The van der Waals surface area contributed by atoms with E-state index in [0.29, 0.717) is 6.54 Å². The molecular formula is C19H25NO. The van der Waals surface area contributed by atoms with Gasteiger partial charge in [0, 0.05) is 12.6 Å². The highest BCUT2D eigenvalue weighted by Gasteiger charge is 2.12. The topological polar surface area (TPSA) is 32.3 Å². The van der Waals surface area contributed by atoms with Crippen LogP contribution in [0, 0.1) is 20.8 Å². The smallest absolute Gasteiger partial charge is 0.0914 e. The molecule has 0 aliphatic heterocycles. The van der Waals surface area contributed by atoms with Crippen molar-refractivity contribution in [3.63, 3.8) is 0 Å². The lowest BCUT2D eigenvalue weighted by Gasteiger charge is -2.20. The van der Waals surface area contributed by atoms with E-state index < -0.39 is 6.10 Å². The lowest BCUT2D eigenvalue weighted by Crippen LogP contribution is -2.25. The molecular weight excluding hydrogens is 258 g/mol. The molecule has 2 aromatic carbocycles. The molecule has 0 spiro atoms. The van der Waals surface area contributed by atoms with Crippen LogP contribution < -0.4 is 5.32 Å². The molecule has 0 heterocycles. The minimum Gasteiger partial charge on any atom is -0.387 e. The van der Waals surface area contributed by atoms with Gasteiger partial charge >= 0.3 is 0 Å². The van der Waals surface area contributed by atoms with Gasteiger partial charge in [0.25, 0.3) is 0 Å². The van der Waals surface area contributed by atoms with E-state index in [9.17, 15) is 5.11 Å². The van der Waals surface area contributed by atoms with Crippen molar-refractivity contribution in [2.24, 2.45) is 0 Å². The molecule has 2 unspecified atom stereocenters. The summed E-state index contributed by atoms with van der Waals surface area (Å²) in [5.74, 6) is 0. The fourth-order valence-electron chi connectivity index (χ4n) is 2.64. The average Bonchev–Trinajstić information content (AvgIpc) is 2.49. The van der Waals surface area contributed by atoms with Crippen LogP contribution in [0.3, 0.4) is 0 Å². The first-order valence-corrected chi connectivity index (χ1v) is 7.53. The van der Waals surface area contributed by atoms with Gasteiger partial charge in [0.05, 0.1) is 6.10 Å². The van der Waals surface area contributed by atoms with Crippen molar-refractivity contribution < 1.29 is 5.11 Å². The van der Waals surface area contributed by atoms with Crippen molar-refractivity contribution in [1.82, 2.24) is 5.32 Å². The summed E-state index contributed by atoms with van der Waals surface area (Å²) in [4.78, 5) is 0. The minimum atomic E-state index is -0.472. The molecule has 0 aliphatic rings. The Balaban J connectivity index is 2.02. The molecule has 2 aromatic rings. The van der Waals surface area contributed by atoms with E-state index in [2.05, 4.69) is 45.1 Å². The van der Waals surface area contributed by atoms with Gasteiger partial charge in [0.15, 0.2) is 0 Å². The number of benzene rings is 2. The average molecular weight is 283 g/mol. The fraction of sp³-hybridized carbons (Fsp3) is 0.368. The zero-order valence-corrected chi connectivity index (χ0v) is 13.4. The molecule has 0 saturated carbocycles. The first kappa shape index (κ1) is 15.7. The van der Waals surface area contributed by atoms with Crippen molar-refractivity contribution >= 4 is 0 Å². The Morgan fingerprint density at radius 1 is 0.952 bits per heavy atom. The molecule has 0 aliphatic carbocycles. The zero-order chi connectivity index (χ0) is 15.4. The third kappa shape index (κ3) is 3.93. The van der Waals surface area contributed by atoms with Gasteiger partial charge in [-0.15, -0.1) is 0 Å². The summed E-state index contributed by atoms with van der Waals surface area (Å²) >= 11 is 0. The van der Waals surface area contributed by atoms with E-state index in [1.165, 1.54) is 22.3 Å². The second-order valence-electron chi connectivity index (χ2n) is 5.85. The summed E-state index contributed by atoms with van der Waals surface area (Å²) in [5.41, 5.74) is 6.19. The van der Waals surface area contributed by atoms with Crippen LogP contribution in [0.5, 0.6) is 0 Å². The van der Waals surface area contributed by atoms with Crippen LogP contribution in [0.2, 0.25) is 0 Å². The van der Waals surface area contributed by atoms with Crippen molar-refractivity contribution in [3.8, 4) is 0 Å². The molecule has 0 aromatic heterocycles. The van der Waals surface area contributed by atoms with Gasteiger partial charge in [-0.1, -0.05) is 42.5 Å². The molecule has 0 saturated heterocycles. The van der Waals surface area contributed by atoms with Gasteiger partial charge in [-0.3, -0.25) is 0 Å². The Morgan fingerprint density at radius 3 is 2.24 bits per heavy atom. The van der Waals surface area contributed by atoms with Crippen molar-refractivity contribution in [2.45, 2.75) is 39.8 Å². The first-order chi connectivity index (χ1) is 9.99. The van der Waals surface area contributed by atoms with Crippen LogP contribution in [-0.2, 0) is 0 Å². The molecule has 2 N–H and O–H groups in total.